The van der Waals surface area contributed by atoms with Gasteiger partial charge in [0.2, 0.25) is 10.0 Å². The molecule has 0 unspecified atom stereocenters. The van der Waals surface area contributed by atoms with Crippen LogP contribution < -0.4 is 4.72 Å². The van der Waals surface area contributed by atoms with Gasteiger partial charge < -0.3 is 0 Å². The molecule has 0 aliphatic heterocycles. The number of nitrogens with zero attached hydrogens (tertiary/aromatic N) is 1. The largest absolute Gasteiger partial charge is 0.294 e. The summed E-state index contributed by atoms with van der Waals surface area (Å²) in [6.45, 7) is 1.92. The molecule has 2 rings (SSSR count). The minimum absolute atomic E-state index is 0.0822. The number of sulfonamides is 1. The average molecular weight is 304 g/mol. The molecule has 21 heavy (non-hydrogen) atoms. The van der Waals surface area contributed by atoms with Crippen molar-refractivity contribution in [3.05, 3.63) is 59.9 Å². The molecule has 0 amide bonds. The van der Waals surface area contributed by atoms with Gasteiger partial charge in [-0.1, -0.05) is 19.1 Å². The van der Waals surface area contributed by atoms with Crippen molar-refractivity contribution in [1.29, 1.82) is 0 Å². The number of benzene rings is 1. The molecule has 0 bridgehead atoms. The first-order valence-corrected chi connectivity index (χ1v) is 8.03. The third kappa shape index (κ3) is 3.96. The van der Waals surface area contributed by atoms with Gasteiger partial charge in [-0.3, -0.25) is 9.78 Å². The van der Waals surface area contributed by atoms with E-state index in [2.05, 4.69) is 9.71 Å². The monoisotopic (exact) mass is 304 g/mol. The molecule has 1 heterocycles. The maximum absolute atomic E-state index is 12.2. The van der Waals surface area contributed by atoms with Gasteiger partial charge >= 0.3 is 0 Å². The van der Waals surface area contributed by atoms with Gasteiger partial charge in [-0.05, 0) is 29.8 Å². The molecule has 0 atom stereocenters. The van der Waals surface area contributed by atoms with Crippen molar-refractivity contribution >= 4 is 15.8 Å². The fourth-order valence-electron chi connectivity index (χ4n) is 1.80. The molecule has 6 heteroatoms. The molecule has 2 aromatic rings. The normalized spacial score (nSPS) is 11.3. The van der Waals surface area contributed by atoms with Gasteiger partial charge in [0.15, 0.2) is 5.78 Å². The Balaban J connectivity index is 2.18. The Kier molecular flexibility index (Phi) is 4.82. The zero-order valence-electron chi connectivity index (χ0n) is 11.6. The third-order valence-electron chi connectivity index (χ3n) is 3.00. The summed E-state index contributed by atoms with van der Waals surface area (Å²) in [5.74, 6) is -0.0822. The SMILES string of the molecule is CCC(=O)c1cccc(S(=O)(=O)NCc2ccncc2)c1. The van der Waals surface area contributed by atoms with Gasteiger partial charge in [-0.2, -0.15) is 0 Å². The van der Waals surface area contributed by atoms with Crippen molar-refractivity contribution in [1.82, 2.24) is 9.71 Å². The van der Waals surface area contributed by atoms with Crippen LogP contribution in [0.25, 0.3) is 0 Å². The predicted octanol–water partition coefficient (Wildman–Crippen LogP) is 2.15. The molecule has 0 fully saturated rings. The van der Waals surface area contributed by atoms with E-state index in [0.717, 1.165) is 5.56 Å². The summed E-state index contributed by atoms with van der Waals surface area (Å²) in [6, 6.07) is 9.54. The van der Waals surface area contributed by atoms with Crippen molar-refractivity contribution in [2.75, 3.05) is 0 Å². The van der Waals surface area contributed by atoms with Gasteiger partial charge in [0, 0.05) is 30.9 Å². The summed E-state index contributed by atoms with van der Waals surface area (Å²) in [7, 11) is -3.65. The second kappa shape index (κ2) is 6.60. The van der Waals surface area contributed by atoms with Gasteiger partial charge in [0.05, 0.1) is 4.90 Å². The Morgan fingerprint density at radius 3 is 2.57 bits per heavy atom. The molecule has 0 spiro atoms. The fourth-order valence-corrected chi connectivity index (χ4v) is 2.87. The molecule has 1 N–H and O–H groups in total. The first-order chi connectivity index (χ1) is 10.0. The second-order valence-corrected chi connectivity index (χ2v) is 6.25. The van der Waals surface area contributed by atoms with E-state index in [-0.39, 0.29) is 17.2 Å². The average Bonchev–Trinajstić information content (AvgIpc) is 2.53. The minimum atomic E-state index is -3.65. The first-order valence-electron chi connectivity index (χ1n) is 6.55. The highest BCUT2D eigenvalue weighted by Gasteiger charge is 2.15. The highest BCUT2D eigenvalue weighted by molar-refractivity contribution is 7.89. The molecule has 0 saturated carbocycles. The third-order valence-corrected chi connectivity index (χ3v) is 4.40. The Hall–Kier alpha value is -2.05. The first kappa shape index (κ1) is 15.3. The highest BCUT2D eigenvalue weighted by Crippen LogP contribution is 2.13. The van der Waals surface area contributed by atoms with Crippen molar-refractivity contribution in [2.45, 2.75) is 24.8 Å². The number of nitrogens with one attached hydrogen (secondary N) is 1. The molecular weight excluding hydrogens is 288 g/mol. The quantitative estimate of drug-likeness (QED) is 0.830. The van der Waals surface area contributed by atoms with Crippen LogP contribution in [0.15, 0.2) is 53.7 Å². The van der Waals surface area contributed by atoms with Gasteiger partial charge in [-0.15, -0.1) is 0 Å². The van der Waals surface area contributed by atoms with Crippen LogP contribution in [-0.2, 0) is 16.6 Å². The lowest BCUT2D eigenvalue weighted by Gasteiger charge is -2.08. The topological polar surface area (TPSA) is 76.1 Å². The highest BCUT2D eigenvalue weighted by atomic mass is 32.2. The molecule has 110 valence electrons. The van der Waals surface area contributed by atoms with Crippen LogP contribution in [0.5, 0.6) is 0 Å². The van der Waals surface area contributed by atoms with Gasteiger partial charge in [0.25, 0.3) is 0 Å². The maximum Gasteiger partial charge on any atom is 0.240 e. The van der Waals surface area contributed by atoms with Crippen LogP contribution in [0.2, 0.25) is 0 Å². The number of hydrogen-bond acceptors (Lipinski definition) is 4. The molecule has 0 saturated heterocycles. The molecule has 1 aromatic carbocycles. The molecule has 0 radical (unpaired) electrons. The van der Waals surface area contributed by atoms with Crippen molar-refractivity contribution < 1.29 is 13.2 Å². The number of aromatic nitrogens is 1. The maximum atomic E-state index is 12.2. The van der Waals surface area contributed by atoms with Gasteiger partial charge in [0.1, 0.15) is 0 Å². The summed E-state index contributed by atoms with van der Waals surface area (Å²) in [6.07, 6.45) is 3.54. The van der Waals surface area contributed by atoms with Crippen LogP contribution in [0.1, 0.15) is 29.3 Å². The molecule has 5 nitrogen and oxygen atoms in total. The molecule has 1 aromatic heterocycles. The van der Waals surface area contributed by atoms with Crippen LogP contribution >= 0.6 is 0 Å². The van der Waals surface area contributed by atoms with E-state index in [1.54, 1.807) is 43.6 Å². The van der Waals surface area contributed by atoms with Gasteiger partial charge in [-0.25, -0.2) is 13.1 Å². The zero-order valence-corrected chi connectivity index (χ0v) is 12.4. The standard InChI is InChI=1S/C15H16N2O3S/c1-2-15(18)13-4-3-5-14(10-13)21(19,20)17-11-12-6-8-16-9-7-12/h3-10,17H,2,11H2,1H3. The van der Waals surface area contributed by atoms with E-state index in [1.165, 1.54) is 12.1 Å². The number of Topliss-reactive ketones (excluding diaryl/α,β-unsaturated/α-hetero) is 1. The second-order valence-electron chi connectivity index (χ2n) is 4.48. The van der Waals surface area contributed by atoms with E-state index < -0.39 is 10.0 Å². The predicted molar refractivity (Wildman–Crippen MR) is 79.3 cm³/mol. The van der Waals surface area contributed by atoms with E-state index in [1.807, 2.05) is 0 Å². The molecular formula is C15H16N2O3S. The number of ketones is 1. The van der Waals surface area contributed by atoms with Crippen LogP contribution in [-0.4, -0.2) is 19.2 Å². The van der Waals surface area contributed by atoms with Crippen LogP contribution in [0.3, 0.4) is 0 Å². The number of carbonyl (C=O) groups is 1. The summed E-state index contributed by atoms with van der Waals surface area (Å²) >= 11 is 0. The smallest absolute Gasteiger partial charge is 0.240 e. The van der Waals surface area contributed by atoms with Crippen molar-refractivity contribution in [3.8, 4) is 0 Å². The zero-order chi connectivity index (χ0) is 15.3. The Labute approximate surface area is 124 Å². The lowest BCUT2D eigenvalue weighted by Crippen LogP contribution is -2.23. The fraction of sp³-hybridized carbons (Fsp3) is 0.200. The number of rotatable bonds is 6. The summed E-state index contributed by atoms with van der Waals surface area (Å²) < 4.78 is 27.0. The summed E-state index contributed by atoms with van der Waals surface area (Å²) in [4.78, 5) is 15.6. The summed E-state index contributed by atoms with van der Waals surface area (Å²) in [5, 5.41) is 0. The minimum Gasteiger partial charge on any atom is -0.294 e. The Bertz CT molecular complexity index is 728. The van der Waals surface area contributed by atoms with E-state index >= 15 is 0 Å². The van der Waals surface area contributed by atoms with E-state index in [9.17, 15) is 13.2 Å². The Morgan fingerprint density at radius 1 is 1.19 bits per heavy atom. The van der Waals surface area contributed by atoms with E-state index in [4.69, 9.17) is 0 Å². The van der Waals surface area contributed by atoms with Crippen molar-refractivity contribution in [2.24, 2.45) is 0 Å². The summed E-state index contributed by atoms with van der Waals surface area (Å²) in [5.41, 5.74) is 1.22. The van der Waals surface area contributed by atoms with E-state index in [0.29, 0.717) is 12.0 Å². The lowest BCUT2D eigenvalue weighted by molar-refractivity contribution is 0.0988. The number of pyridine rings is 1. The molecule has 0 aliphatic carbocycles. The lowest BCUT2D eigenvalue weighted by atomic mass is 10.1. The molecule has 0 aliphatic rings. The van der Waals surface area contributed by atoms with Crippen LogP contribution in [0, 0.1) is 0 Å². The van der Waals surface area contributed by atoms with Crippen LogP contribution in [0.4, 0.5) is 0 Å². The number of carbonyl (C=O) groups excluding carboxylic acids is 1. The number of hydrogen-bond donors (Lipinski definition) is 1. The Morgan fingerprint density at radius 2 is 1.90 bits per heavy atom. The van der Waals surface area contributed by atoms with Crippen molar-refractivity contribution in [3.63, 3.8) is 0 Å².